The molecule has 3 heteroatoms. The van der Waals surface area contributed by atoms with Gasteiger partial charge in [-0.2, -0.15) is 0 Å². The Kier molecular flexibility index (Phi) is 16.3. The molecule has 0 radical (unpaired) electrons. The third-order valence-electron chi connectivity index (χ3n) is 25.3. The van der Waals surface area contributed by atoms with Crippen molar-refractivity contribution in [1.29, 1.82) is 0 Å². The Morgan fingerprint density at radius 3 is 0.965 bits per heavy atom. The van der Waals surface area contributed by atoms with E-state index in [4.69, 9.17) is 0 Å². The molecule has 0 saturated carbocycles. The maximum atomic E-state index is 2.71. The van der Waals surface area contributed by atoms with Gasteiger partial charge >= 0.3 is 0 Å². The van der Waals surface area contributed by atoms with Crippen molar-refractivity contribution < 1.29 is 0 Å². The predicted octanol–water partition coefficient (Wildman–Crippen LogP) is 27.1. The predicted molar refractivity (Wildman–Crippen MR) is 485 cm³/mol. The van der Waals surface area contributed by atoms with Gasteiger partial charge in [-0.05, 0) is 186 Å². The highest BCUT2D eigenvalue weighted by Gasteiger charge is 2.51. The van der Waals surface area contributed by atoms with Crippen molar-refractivity contribution in [3.8, 4) is 89.0 Å². The zero-order chi connectivity index (χ0) is 77.3. The molecule has 0 fully saturated rings. The van der Waals surface area contributed by atoms with Crippen molar-refractivity contribution in [2.75, 3.05) is 9.80 Å². The first kappa shape index (κ1) is 69.4. The molecule has 2 aliphatic carbocycles. The highest BCUT2D eigenvalue weighted by molar-refractivity contribution is 7.00. The summed E-state index contributed by atoms with van der Waals surface area (Å²) in [7, 11) is 0. The van der Waals surface area contributed by atoms with Gasteiger partial charge in [-0.1, -0.05) is 418 Å². The van der Waals surface area contributed by atoms with Gasteiger partial charge in [0.05, 0.1) is 22.2 Å². The number of para-hydroxylation sites is 2. The lowest BCUT2D eigenvalue weighted by Gasteiger charge is -2.46. The van der Waals surface area contributed by atoms with E-state index in [1.807, 2.05) is 0 Å². The van der Waals surface area contributed by atoms with Crippen LogP contribution in [0.5, 0.6) is 0 Å². The number of hydrogen-bond acceptors (Lipinski definition) is 2. The van der Waals surface area contributed by atoms with Crippen LogP contribution in [0.3, 0.4) is 0 Å². The number of anilines is 6. The van der Waals surface area contributed by atoms with Crippen molar-refractivity contribution in [3.05, 3.63) is 462 Å². The minimum Gasteiger partial charge on any atom is -0.311 e. The first-order valence-electron chi connectivity index (χ1n) is 40.7. The fourth-order valence-corrected chi connectivity index (χ4v) is 20.2. The minimum atomic E-state index is -0.603. The number of nitrogens with zero attached hydrogens (tertiary/aromatic N) is 2. The molecular formula is C112H85BN2. The second-order valence-electron chi connectivity index (χ2n) is 33.7. The van der Waals surface area contributed by atoms with Gasteiger partial charge in [-0.15, -0.1) is 0 Å². The summed E-state index contributed by atoms with van der Waals surface area (Å²) in [4.78, 5) is 5.38. The van der Waals surface area contributed by atoms with Gasteiger partial charge in [0.1, 0.15) is 0 Å². The molecule has 2 nitrogen and oxygen atoms in total. The Labute approximate surface area is 676 Å². The van der Waals surface area contributed by atoms with E-state index in [0.717, 1.165) is 84.2 Å². The molecule has 0 saturated heterocycles. The van der Waals surface area contributed by atoms with Crippen molar-refractivity contribution in [1.82, 2.24) is 0 Å². The van der Waals surface area contributed by atoms with E-state index in [0.29, 0.717) is 0 Å². The summed E-state index contributed by atoms with van der Waals surface area (Å²) in [5.74, 6) is 0. The summed E-state index contributed by atoms with van der Waals surface area (Å²) in [6, 6.07) is 155. The Bertz CT molecular complexity index is 6490. The van der Waals surface area contributed by atoms with Gasteiger partial charge < -0.3 is 9.80 Å². The molecule has 21 rings (SSSR count). The molecule has 0 unspecified atom stereocenters. The summed E-state index contributed by atoms with van der Waals surface area (Å²) in [6.45, 7) is 13.9. The Balaban J connectivity index is 0.914. The Morgan fingerprint density at radius 1 is 0.217 bits per heavy atom. The van der Waals surface area contributed by atoms with Crippen LogP contribution in [-0.4, -0.2) is 6.71 Å². The lowest BCUT2D eigenvalue weighted by molar-refractivity contribution is 0.569. The van der Waals surface area contributed by atoms with Crippen LogP contribution in [0.1, 0.15) is 97.2 Å². The minimum absolute atomic E-state index is 0.153. The molecule has 546 valence electrons. The standard InChI is InChI=1S/C112H85BN2/c1-109(2,3)85-67-79(68-86(73-85)110(4,5)6)80-71-103-107-104(72-80)115(108-90(75-39-16-8-17-40-75)56-34-57-91(108)76-41-18-9-19-42-76)102-66-64-78(89-55-36-61-97-106(89)93-53-29-32-59-95(93)112(97,83-47-24-12-25-48-83)84-49-26-13-27-50-84)70-99(102)113(107)98-69-77(63-65-101(98)114(103)100-62-33-30-51-87(100)74-37-14-7-15-38-74)88-54-35-60-96-105(88)92-52-28-31-58-94(92)111(96,81-43-20-10-21-44-81)82-45-22-11-23-46-82/h7-73H,1-6H3. The number of benzene rings is 17. The molecule has 0 atom stereocenters. The van der Waals surface area contributed by atoms with E-state index >= 15 is 0 Å². The fourth-order valence-electron chi connectivity index (χ4n) is 20.2. The van der Waals surface area contributed by atoms with Gasteiger partial charge in [0, 0.05) is 39.4 Å². The summed E-state index contributed by atoms with van der Waals surface area (Å²) < 4.78 is 0. The highest BCUT2D eigenvalue weighted by Crippen LogP contribution is 2.62. The van der Waals surface area contributed by atoms with Gasteiger partial charge in [0.15, 0.2) is 0 Å². The second kappa shape index (κ2) is 27.1. The van der Waals surface area contributed by atoms with Crippen LogP contribution in [0.4, 0.5) is 34.1 Å². The molecule has 115 heavy (non-hydrogen) atoms. The summed E-state index contributed by atoms with van der Waals surface area (Å²) in [6.07, 6.45) is 0. The largest absolute Gasteiger partial charge is 0.311 e. The third-order valence-corrected chi connectivity index (χ3v) is 25.3. The van der Waals surface area contributed by atoms with Crippen LogP contribution in [0.2, 0.25) is 0 Å². The van der Waals surface area contributed by atoms with Crippen molar-refractivity contribution in [2.45, 2.75) is 63.2 Å². The van der Waals surface area contributed by atoms with Gasteiger partial charge in [-0.3, -0.25) is 0 Å². The summed E-state index contributed by atoms with van der Waals surface area (Å²) in [5.41, 5.74) is 40.5. The van der Waals surface area contributed by atoms with Crippen LogP contribution in [0.15, 0.2) is 406 Å². The summed E-state index contributed by atoms with van der Waals surface area (Å²) >= 11 is 0. The maximum Gasteiger partial charge on any atom is 0.252 e. The van der Waals surface area contributed by atoms with Crippen LogP contribution in [0, 0.1) is 0 Å². The van der Waals surface area contributed by atoms with Gasteiger partial charge in [0.2, 0.25) is 0 Å². The molecule has 0 amide bonds. The van der Waals surface area contributed by atoms with E-state index < -0.39 is 10.8 Å². The van der Waals surface area contributed by atoms with Crippen molar-refractivity contribution >= 4 is 57.2 Å². The molecule has 4 aliphatic rings. The molecule has 0 aromatic heterocycles. The highest BCUT2D eigenvalue weighted by atomic mass is 15.2. The van der Waals surface area contributed by atoms with E-state index in [-0.39, 0.29) is 17.5 Å². The second-order valence-corrected chi connectivity index (χ2v) is 33.7. The van der Waals surface area contributed by atoms with Crippen molar-refractivity contribution in [3.63, 3.8) is 0 Å². The van der Waals surface area contributed by atoms with Gasteiger partial charge in [-0.25, -0.2) is 0 Å². The molecule has 2 heterocycles. The zero-order valence-corrected chi connectivity index (χ0v) is 65.7. The normalized spacial score (nSPS) is 13.7. The lowest BCUT2D eigenvalue weighted by atomic mass is 9.33. The molecule has 0 bridgehead atoms. The maximum absolute atomic E-state index is 2.71. The first-order valence-corrected chi connectivity index (χ1v) is 40.7. The summed E-state index contributed by atoms with van der Waals surface area (Å²) in [5, 5.41) is 0. The van der Waals surface area contributed by atoms with Crippen LogP contribution in [-0.2, 0) is 21.7 Å². The van der Waals surface area contributed by atoms with E-state index in [1.165, 1.54) is 111 Å². The Hall–Kier alpha value is -13.6. The topological polar surface area (TPSA) is 6.48 Å². The molecular weight excluding hydrogens is 1380 g/mol. The van der Waals surface area contributed by atoms with Crippen molar-refractivity contribution in [2.24, 2.45) is 0 Å². The molecule has 0 N–H and O–H groups in total. The SMILES string of the molecule is CC(C)(C)c1cc(-c2cc3c4c(c2)N(c2c(-c5ccccc5)cccc2-c2ccccc2)c2ccc(-c5cccc6c5-c5ccccc5C6(c5ccccc5)c5ccccc5)cc2B4c2cc(-c4cccc5c4-c4ccccc4C5(c4ccccc4)c4ccccc4)ccc2N3c2ccccc2-c2ccccc2)cc(C(C)(C)C)c1. The fraction of sp³-hybridized carbons (Fsp3) is 0.0893. The molecule has 17 aromatic carbocycles. The third kappa shape index (κ3) is 10.8. The quantitative estimate of drug-likeness (QED) is 0.113. The average Bonchev–Trinajstić information content (AvgIpc) is 0.923. The zero-order valence-electron chi connectivity index (χ0n) is 65.7. The van der Waals surface area contributed by atoms with Gasteiger partial charge in [0.25, 0.3) is 6.71 Å². The number of hydrogen-bond donors (Lipinski definition) is 0. The molecule has 17 aromatic rings. The smallest absolute Gasteiger partial charge is 0.252 e. The average molecular weight is 1470 g/mol. The van der Waals surface area contributed by atoms with Crippen LogP contribution < -0.4 is 26.2 Å². The molecule has 2 aliphatic heterocycles. The van der Waals surface area contributed by atoms with E-state index in [9.17, 15) is 0 Å². The number of fused-ring (bicyclic) bond motifs is 10. The first-order chi connectivity index (χ1) is 56.3. The van der Waals surface area contributed by atoms with E-state index in [2.05, 4.69) is 458 Å². The number of rotatable bonds is 12. The molecule has 0 spiro atoms. The van der Waals surface area contributed by atoms with Crippen LogP contribution >= 0.6 is 0 Å². The lowest BCUT2D eigenvalue weighted by Crippen LogP contribution is -2.61. The van der Waals surface area contributed by atoms with E-state index in [1.54, 1.807) is 0 Å². The van der Waals surface area contributed by atoms with Crippen LogP contribution in [0.25, 0.3) is 89.0 Å². The Morgan fingerprint density at radius 2 is 0.539 bits per heavy atom. The monoisotopic (exact) mass is 1470 g/mol.